The van der Waals surface area contributed by atoms with Crippen LogP contribution in [0.1, 0.15) is 38.5 Å². The van der Waals surface area contributed by atoms with Gasteiger partial charge in [-0.05, 0) is 31.1 Å². The van der Waals surface area contributed by atoms with Crippen molar-refractivity contribution >= 4 is 5.97 Å². The average molecular weight is 197 g/mol. The van der Waals surface area contributed by atoms with Gasteiger partial charge < -0.3 is 10.5 Å². The maximum atomic E-state index is 11.3. The molecule has 0 bridgehead atoms. The van der Waals surface area contributed by atoms with Crippen molar-refractivity contribution in [3.8, 4) is 0 Å². The molecule has 2 aliphatic rings. The van der Waals surface area contributed by atoms with Crippen LogP contribution in [0.5, 0.6) is 0 Å². The van der Waals surface area contributed by atoms with Crippen molar-refractivity contribution < 1.29 is 9.53 Å². The minimum Gasteiger partial charge on any atom is -0.466 e. The van der Waals surface area contributed by atoms with Gasteiger partial charge in [0.25, 0.3) is 0 Å². The number of rotatable bonds is 6. The molecule has 0 radical (unpaired) electrons. The van der Waals surface area contributed by atoms with E-state index >= 15 is 0 Å². The lowest BCUT2D eigenvalue weighted by Gasteiger charge is -2.09. The molecule has 2 fully saturated rings. The minimum atomic E-state index is -0.106. The van der Waals surface area contributed by atoms with Crippen LogP contribution in [-0.4, -0.2) is 18.6 Å². The number of carbonyl (C=O) groups excluding carboxylic acids is 1. The molecule has 3 nitrogen and oxygen atoms in total. The Morgan fingerprint density at radius 3 is 2.64 bits per heavy atom. The Bertz CT molecular complexity index is 209. The number of nitrogens with two attached hydrogens (primary N) is 1. The van der Waals surface area contributed by atoms with E-state index in [0.717, 1.165) is 12.3 Å². The first-order valence-corrected chi connectivity index (χ1v) is 5.67. The third kappa shape index (κ3) is 3.29. The van der Waals surface area contributed by atoms with Crippen molar-refractivity contribution in [3.05, 3.63) is 0 Å². The highest BCUT2D eigenvalue weighted by Crippen LogP contribution is 2.33. The third-order valence-corrected chi connectivity index (χ3v) is 3.12. The van der Waals surface area contributed by atoms with Crippen molar-refractivity contribution in [2.24, 2.45) is 17.6 Å². The third-order valence-electron chi connectivity index (χ3n) is 3.12. The summed E-state index contributed by atoms with van der Waals surface area (Å²) in [6.45, 7) is 0.598. The van der Waals surface area contributed by atoms with Gasteiger partial charge in [0.05, 0.1) is 13.0 Å². The monoisotopic (exact) mass is 197 g/mol. The molecule has 0 aromatic rings. The first kappa shape index (κ1) is 9.97. The minimum absolute atomic E-state index is 0.0448. The van der Waals surface area contributed by atoms with Gasteiger partial charge in [0.1, 0.15) is 0 Å². The number of esters is 1. The summed E-state index contributed by atoms with van der Waals surface area (Å²) in [5.74, 6) is 1.32. The first-order valence-electron chi connectivity index (χ1n) is 5.67. The van der Waals surface area contributed by atoms with E-state index in [0.29, 0.717) is 18.9 Å². The molecular weight excluding hydrogens is 178 g/mol. The van der Waals surface area contributed by atoms with Gasteiger partial charge in [0, 0.05) is 6.04 Å². The van der Waals surface area contributed by atoms with Crippen LogP contribution in [0, 0.1) is 11.8 Å². The van der Waals surface area contributed by atoms with Crippen LogP contribution in [0.4, 0.5) is 0 Å². The second-order valence-electron chi connectivity index (χ2n) is 4.66. The summed E-state index contributed by atoms with van der Waals surface area (Å²) in [4.78, 5) is 11.3. The molecule has 0 aromatic heterocycles. The van der Waals surface area contributed by atoms with E-state index in [-0.39, 0.29) is 12.0 Å². The molecule has 80 valence electrons. The van der Waals surface area contributed by atoms with Crippen LogP contribution < -0.4 is 5.73 Å². The summed E-state index contributed by atoms with van der Waals surface area (Å²) in [7, 11) is 0. The predicted molar refractivity (Wildman–Crippen MR) is 53.6 cm³/mol. The average Bonchev–Trinajstić information content (AvgIpc) is 3.00. The van der Waals surface area contributed by atoms with E-state index in [9.17, 15) is 4.79 Å². The Balaban J connectivity index is 1.52. The molecule has 0 amide bonds. The lowest BCUT2D eigenvalue weighted by atomic mass is 10.1. The Morgan fingerprint density at radius 2 is 2.07 bits per heavy atom. The van der Waals surface area contributed by atoms with Gasteiger partial charge in [-0.25, -0.2) is 0 Å². The van der Waals surface area contributed by atoms with Crippen LogP contribution in [0.3, 0.4) is 0 Å². The molecule has 14 heavy (non-hydrogen) atoms. The molecule has 0 saturated heterocycles. The molecule has 1 atom stereocenters. The maximum Gasteiger partial charge on any atom is 0.307 e. The molecule has 2 saturated carbocycles. The van der Waals surface area contributed by atoms with Crippen LogP contribution in [0.15, 0.2) is 0 Å². The Morgan fingerprint density at radius 1 is 1.36 bits per heavy atom. The maximum absolute atomic E-state index is 11.3. The van der Waals surface area contributed by atoms with Gasteiger partial charge >= 0.3 is 5.97 Å². The molecule has 1 unspecified atom stereocenters. The zero-order valence-electron chi connectivity index (χ0n) is 8.58. The summed E-state index contributed by atoms with van der Waals surface area (Å²) in [5, 5.41) is 0. The summed E-state index contributed by atoms with van der Waals surface area (Å²) >= 11 is 0. The van der Waals surface area contributed by atoms with Gasteiger partial charge in [0.15, 0.2) is 0 Å². The molecule has 2 N–H and O–H groups in total. The highest BCUT2D eigenvalue weighted by atomic mass is 16.5. The van der Waals surface area contributed by atoms with E-state index in [1.165, 1.54) is 25.7 Å². The highest BCUT2D eigenvalue weighted by molar-refractivity contribution is 5.70. The molecule has 0 spiro atoms. The molecule has 0 aromatic carbocycles. The zero-order chi connectivity index (χ0) is 9.97. The van der Waals surface area contributed by atoms with Crippen LogP contribution in [-0.2, 0) is 9.53 Å². The van der Waals surface area contributed by atoms with E-state index in [2.05, 4.69) is 0 Å². The summed E-state index contributed by atoms with van der Waals surface area (Å²) in [5.41, 5.74) is 5.82. The number of hydrogen-bond donors (Lipinski definition) is 1. The van der Waals surface area contributed by atoms with Gasteiger partial charge in [-0.2, -0.15) is 0 Å². The van der Waals surface area contributed by atoms with Crippen molar-refractivity contribution in [3.63, 3.8) is 0 Å². The van der Waals surface area contributed by atoms with Gasteiger partial charge in [-0.3, -0.25) is 4.79 Å². The van der Waals surface area contributed by atoms with Crippen molar-refractivity contribution in [1.82, 2.24) is 0 Å². The second-order valence-corrected chi connectivity index (χ2v) is 4.66. The fourth-order valence-electron chi connectivity index (χ4n) is 1.69. The van der Waals surface area contributed by atoms with Crippen LogP contribution in [0.25, 0.3) is 0 Å². The Hall–Kier alpha value is -0.570. The quantitative estimate of drug-likeness (QED) is 0.656. The van der Waals surface area contributed by atoms with E-state index in [1.807, 2.05) is 0 Å². The smallest absolute Gasteiger partial charge is 0.307 e. The van der Waals surface area contributed by atoms with E-state index < -0.39 is 0 Å². The standard InChI is InChI=1S/C11H19NO2/c12-10(9-3-4-9)7-11(13)14-6-5-8-1-2-8/h8-10H,1-7,12H2. The highest BCUT2D eigenvalue weighted by Gasteiger charge is 2.30. The number of ether oxygens (including phenoxy) is 1. The number of hydrogen-bond acceptors (Lipinski definition) is 3. The number of carbonyl (C=O) groups is 1. The van der Waals surface area contributed by atoms with Gasteiger partial charge in [-0.1, -0.05) is 12.8 Å². The predicted octanol–water partition coefficient (Wildman–Crippen LogP) is 1.46. The Labute approximate surface area is 85.0 Å². The van der Waals surface area contributed by atoms with Gasteiger partial charge in [-0.15, -0.1) is 0 Å². The molecule has 2 rings (SSSR count). The van der Waals surface area contributed by atoms with Crippen LogP contribution >= 0.6 is 0 Å². The molecule has 0 heterocycles. The van der Waals surface area contributed by atoms with Crippen molar-refractivity contribution in [2.75, 3.05) is 6.61 Å². The SMILES string of the molecule is NC(CC(=O)OCCC1CC1)C1CC1. The molecular formula is C11H19NO2. The lowest BCUT2D eigenvalue weighted by Crippen LogP contribution is -2.27. The van der Waals surface area contributed by atoms with E-state index in [4.69, 9.17) is 10.5 Å². The van der Waals surface area contributed by atoms with Crippen molar-refractivity contribution in [2.45, 2.75) is 44.6 Å². The lowest BCUT2D eigenvalue weighted by molar-refractivity contribution is -0.144. The molecule has 3 heteroatoms. The second kappa shape index (κ2) is 4.30. The van der Waals surface area contributed by atoms with Gasteiger partial charge in [0.2, 0.25) is 0 Å². The fraction of sp³-hybridized carbons (Fsp3) is 0.909. The molecule has 0 aliphatic heterocycles. The molecule has 2 aliphatic carbocycles. The summed E-state index contributed by atoms with van der Waals surface area (Å²) in [6, 6.07) is 0.0448. The van der Waals surface area contributed by atoms with Crippen molar-refractivity contribution in [1.29, 1.82) is 0 Å². The summed E-state index contributed by atoms with van der Waals surface area (Å²) < 4.78 is 5.12. The fourth-order valence-corrected chi connectivity index (χ4v) is 1.69. The summed E-state index contributed by atoms with van der Waals surface area (Å²) in [6.07, 6.45) is 6.48. The Kier molecular flexibility index (Phi) is 3.06. The topological polar surface area (TPSA) is 52.3 Å². The zero-order valence-corrected chi connectivity index (χ0v) is 8.58. The normalized spacial score (nSPS) is 23.2. The first-order chi connectivity index (χ1) is 6.75. The van der Waals surface area contributed by atoms with E-state index in [1.54, 1.807) is 0 Å². The van der Waals surface area contributed by atoms with Crippen LogP contribution in [0.2, 0.25) is 0 Å². The largest absolute Gasteiger partial charge is 0.466 e.